The molecule has 0 atom stereocenters. The monoisotopic (exact) mass is 211 g/mol. The van der Waals surface area contributed by atoms with E-state index >= 15 is 0 Å². The van der Waals surface area contributed by atoms with Crippen LogP contribution < -0.4 is 0 Å². The van der Waals surface area contributed by atoms with Gasteiger partial charge in [-0.3, -0.25) is 0 Å². The first-order valence-corrected chi connectivity index (χ1v) is 4.00. The van der Waals surface area contributed by atoms with Crippen LogP contribution in [0.25, 0.3) is 16.5 Å². The van der Waals surface area contributed by atoms with Gasteiger partial charge in [0.2, 0.25) is 0 Å². The van der Waals surface area contributed by atoms with E-state index in [0.29, 0.717) is 6.07 Å². The molecule has 4 nitrogen and oxygen atoms in total. The van der Waals surface area contributed by atoms with Gasteiger partial charge in [0.05, 0.1) is 0 Å². The molecule has 1 rings (SSSR count). The lowest BCUT2D eigenvalue weighted by atomic mass is 10.1. The third kappa shape index (κ3) is 2.96. The van der Waals surface area contributed by atoms with Gasteiger partial charge in [0.15, 0.2) is 11.6 Å². The lowest BCUT2D eigenvalue weighted by molar-refractivity contribution is 0.426. The van der Waals surface area contributed by atoms with Gasteiger partial charge >= 0.3 is 0 Å². The third-order valence-electron chi connectivity index (χ3n) is 1.61. The Kier molecular flexibility index (Phi) is 3.65. The van der Waals surface area contributed by atoms with E-state index in [0.717, 1.165) is 6.07 Å². The van der Waals surface area contributed by atoms with Crippen LogP contribution in [0.5, 0.6) is 5.75 Å². The third-order valence-corrected chi connectivity index (χ3v) is 1.61. The van der Waals surface area contributed by atoms with Crippen molar-refractivity contribution in [3.63, 3.8) is 0 Å². The van der Waals surface area contributed by atoms with E-state index in [2.05, 4.69) is 10.0 Å². The van der Waals surface area contributed by atoms with Crippen molar-refractivity contribution in [3.05, 3.63) is 45.8 Å². The molecule has 78 valence electrons. The van der Waals surface area contributed by atoms with Crippen LogP contribution >= 0.6 is 0 Å². The molecule has 0 spiro atoms. The number of benzene rings is 1. The van der Waals surface area contributed by atoms with Gasteiger partial charge in [0.1, 0.15) is 5.82 Å². The van der Waals surface area contributed by atoms with Crippen LogP contribution in [0.2, 0.25) is 0 Å². The van der Waals surface area contributed by atoms with Crippen LogP contribution in [-0.2, 0) is 0 Å². The molecule has 0 saturated heterocycles. The second kappa shape index (κ2) is 4.97. The first-order chi connectivity index (χ1) is 7.15. The number of rotatable bonds is 3. The molecule has 1 N–H and O–H groups in total. The zero-order valence-electron chi connectivity index (χ0n) is 7.56. The number of aromatic hydroxyl groups is 1. The standard InChI is InChI=1S/C9H7F2N3O/c10-7-4-6(2-1-3-13-14-12)9(15)8(11)5-7/h1-2,4-5,15H,3H2. The molecule has 0 unspecified atom stereocenters. The number of azide groups is 1. The summed E-state index contributed by atoms with van der Waals surface area (Å²) in [7, 11) is 0. The number of phenols is 1. The molecule has 1 aromatic rings. The smallest absolute Gasteiger partial charge is 0.168 e. The zero-order valence-corrected chi connectivity index (χ0v) is 7.56. The van der Waals surface area contributed by atoms with Crippen molar-refractivity contribution in [1.82, 2.24) is 0 Å². The Hall–Kier alpha value is -2.07. The van der Waals surface area contributed by atoms with Crippen molar-refractivity contribution in [3.8, 4) is 5.75 Å². The minimum Gasteiger partial charge on any atom is -0.504 e. The van der Waals surface area contributed by atoms with Crippen molar-refractivity contribution in [2.45, 2.75) is 0 Å². The van der Waals surface area contributed by atoms with Crippen molar-refractivity contribution in [2.24, 2.45) is 5.11 Å². The lowest BCUT2D eigenvalue weighted by Crippen LogP contribution is -1.85. The Morgan fingerprint density at radius 1 is 1.47 bits per heavy atom. The highest BCUT2D eigenvalue weighted by Gasteiger charge is 2.06. The lowest BCUT2D eigenvalue weighted by Gasteiger charge is -2.00. The van der Waals surface area contributed by atoms with Gasteiger partial charge in [0.25, 0.3) is 0 Å². The van der Waals surface area contributed by atoms with Crippen LogP contribution in [0.15, 0.2) is 23.3 Å². The fraction of sp³-hybridized carbons (Fsp3) is 0.111. The zero-order chi connectivity index (χ0) is 11.3. The molecule has 0 bridgehead atoms. The van der Waals surface area contributed by atoms with Gasteiger partial charge < -0.3 is 5.11 Å². The van der Waals surface area contributed by atoms with Gasteiger partial charge in [-0.15, -0.1) is 0 Å². The number of hydrogen-bond acceptors (Lipinski definition) is 2. The minimum absolute atomic E-state index is 0.000592. The molecule has 0 fully saturated rings. The largest absolute Gasteiger partial charge is 0.504 e. The van der Waals surface area contributed by atoms with Gasteiger partial charge in [0, 0.05) is 23.1 Å². The van der Waals surface area contributed by atoms with Crippen molar-refractivity contribution < 1.29 is 13.9 Å². The molecule has 0 heterocycles. The number of halogens is 2. The van der Waals surface area contributed by atoms with E-state index in [1.807, 2.05) is 0 Å². The quantitative estimate of drug-likeness (QED) is 0.466. The van der Waals surface area contributed by atoms with E-state index in [4.69, 9.17) is 5.53 Å². The van der Waals surface area contributed by atoms with Gasteiger partial charge in [-0.05, 0) is 11.6 Å². The maximum Gasteiger partial charge on any atom is 0.168 e. The summed E-state index contributed by atoms with van der Waals surface area (Å²) in [5.74, 6) is -2.44. The van der Waals surface area contributed by atoms with Crippen LogP contribution in [0.4, 0.5) is 8.78 Å². The van der Waals surface area contributed by atoms with Crippen molar-refractivity contribution in [1.29, 1.82) is 0 Å². The van der Waals surface area contributed by atoms with Crippen LogP contribution in [-0.4, -0.2) is 11.7 Å². The molecule has 0 aliphatic heterocycles. The minimum atomic E-state index is -1.03. The molecule has 15 heavy (non-hydrogen) atoms. The summed E-state index contributed by atoms with van der Waals surface area (Å²) in [6.45, 7) is 0.0497. The summed E-state index contributed by atoms with van der Waals surface area (Å²) in [6.07, 6.45) is 2.66. The molecular weight excluding hydrogens is 204 g/mol. The maximum atomic E-state index is 12.8. The summed E-state index contributed by atoms with van der Waals surface area (Å²) >= 11 is 0. The molecule has 0 saturated carbocycles. The second-order valence-corrected chi connectivity index (χ2v) is 2.64. The summed E-state index contributed by atoms with van der Waals surface area (Å²) in [5.41, 5.74) is 7.96. The first-order valence-electron chi connectivity index (χ1n) is 4.00. The van der Waals surface area contributed by atoms with E-state index in [1.165, 1.54) is 12.2 Å². The Bertz CT molecular complexity index is 439. The number of hydrogen-bond donors (Lipinski definition) is 1. The highest BCUT2D eigenvalue weighted by atomic mass is 19.1. The highest BCUT2D eigenvalue weighted by molar-refractivity contribution is 5.57. The van der Waals surface area contributed by atoms with Crippen LogP contribution in [0.1, 0.15) is 5.56 Å². The number of phenolic OH excluding ortho intramolecular Hbond substituents is 1. The highest BCUT2D eigenvalue weighted by Crippen LogP contribution is 2.23. The van der Waals surface area contributed by atoms with Crippen molar-refractivity contribution in [2.75, 3.05) is 6.54 Å². The summed E-state index contributed by atoms with van der Waals surface area (Å²) in [6, 6.07) is 1.56. The average molecular weight is 211 g/mol. The average Bonchev–Trinajstić information content (AvgIpc) is 2.19. The Balaban J connectivity index is 2.94. The summed E-state index contributed by atoms with van der Waals surface area (Å²) in [5, 5.41) is 12.4. The molecule has 0 amide bonds. The summed E-state index contributed by atoms with van der Waals surface area (Å²) < 4.78 is 25.5. The molecular formula is C9H7F2N3O. The van der Waals surface area contributed by atoms with E-state index in [1.54, 1.807) is 0 Å². The van der Waals surface area contributed by atoms with Gasteiger partial charge in [-0.2, -0.15) is 0 Å². The fourth-order valence-electron chi connectivity index (χ4n) is 0.976. The topological polar surface area (TPSA) is 69.0 Å². The maximum absolute atomic E-state index is 12.8. The predicted octanol–water partition coefficient (Wildman–Crippen LogP) is 2.99. The van der Waals surface area contributed by atoms with Gasteiger partial charge in [-0.1, -0.05) is 17.3 Å². The molecule has 0 aromatic heterocycles. The van der Waals surface area contributed by atoms with E-state index < -0.39 is 17.4 Å². The van der Waals surface area contributed by atoms with Gasteiger partial charge in [-0.25, -0.2) is 8.78 Å². The van der Waals surface area contributed by atoms with Crippen molar-refractivity contribution >= 4 is 6.08 Å². The Morgan fingerprint density at radius 2 is 2.20 bits per heavy atom. The normalized spacial score (nSPS) is 10.3. The molecule has 0 radical (unpaired) electrons. The molecule has 1 aromatic carbocycles. The predicted molar refractivity (Wildman–Crippen MR) is 51.1 cm³/mol. The number of nitrogens with zero attached hydrogens (tertiary/aromatic N) is 3. The Labute approximate surface area is 84.1 Å². The van der Waals surface area contributed by atoms with Crippen LogP contribution in [0, 0.1) is 11.6 Å². The second-order valence-electron chi connectivity index (χ2n) is 2.64. The molecule has 0 aliphatic rings. The van der Waals surface area contributed by atoms with E-state index in [9.17, 15) is 13.9 Å². The molecule has 6 heteroatoms. The Morgan fingerprint density at radius 3 is 2.87 bits per heavy atom. The molecule has 0 aliphatic carbocycles. The summed E-state index contributed by atoms with van der Waals surface area (Å²) in [4.78, 5) is 2.49. The van der Waals surface area contributed by atoms with Crippen LogP contribution in [0.3, 0.4) is 0 Å². The fourth-order valence-corrected chi connectivity index (χ4v) is 0.976. The van der Waals surface area contributed by atoms with E-state index in [-0.39, 0.29) is 12.1 Å². The SMILES string of the molecule is [N-]=[N+]=NCC=Cc1cc(F)cc(F)c1O. The first kappa shape index (κ1) is 11.0.